The summed E-state index contributed by atoms with van der Waals surface area (Å²) < 4.78 is 5.20. The van der Waals surface area contributed by atoms with E-state index in [4.69, 9.17) is 4.74 Å². The lowest BCUT2D eigenvalue weighted by Gasteiger charge is -2.59. The van der Waals surface area contributed by atoms with Crippen LogP contribution in [-0.2, 0) is 14.3 Å². The number of aliphatic hydroxyl groups is 3. The minimum Gasteiger partial charge on any atom is -0.465 e. The van der Waals surface area contributed by atoms with Crippen molar-refractivity contribution in [2.75, 3.05) is 6.61 Å². The number of rotatable bonds is 0. The van der Waals surface area contributed by atoms with Gasteiger partial charge in [0.1, 0.15) is 18.0 Å². The molecule has 0 spiro atoms. The summed E-state index contributed by atoms with van der Waals surface area (Å²) in [6.45, 7) is 4.69. The smallest absolute Gasteiger partial charge is 0.306 e. The van der Waals surface area contributed by atoms with Gasteiger partial charge in [-0.15, -0.1) is 0 Å². The number of aliphatic hydroxyl groups excluding tert-OH is 1. The molecule has 0 aromatic rings. The van der Waals surface area contributed by atoms with Crippen LogP contribution in [-0.4, -0.2) is 51.0 Å². The summed E-state index contributed by atoms with van der Waals surface area (Å²) in [6.07, 6.45) is -1.66. The van der Waals surface area contributed by atoms with Gasteiger partial charge in [0.25, 0.3) is 0 Å². The lowest BCUT2D eigenvalue weighted by atomic mass is 9.46. The maximum absolute atomic E-state index is 12.5. The number of hydrogen-bond acceptors (Lipinski definition) is 6. The van der Waals surface area contributed by atoms with Gasteiger partial charge in [-0.1, -0.05) is 13.8 Å². The van der Waals surface area contributed by atoms with Gasteiger partial charge in [-0.25, -0.2) is 0 Å². The molecule has 6 nitrogen and oxygen atoms in total. The summed E-state index contributed by atoms with van der Waals surface area (Å²) in [6, 6.07) is 0. The SMILES string of the molecule is C[C@@H]1C(=O)C[C@]23CC(=O)OCC1(C)[C@@]2(O)[C@@H](O)C[C@]3(C)O. The number of ketones is 1. The van der Waals surface area contributed by atoms with Gasteiger partial charge in [0, 0.05) is 29.6 Å². The molecule has 1 heterocycles. The molecule has 0 aromatic carbocycles. The Labute approximate surface area is 123 Å². The second-order valence-corrected chi connectivity index (χ2v) is 7.46. The standard InChI is InChI=1S/C15H22O6/c1-8-9(16)4-14-6-11(18)21-7-12(8,2)15(14,20)10(17)5-13(14,3)19/h8,10,17,19-20H,4-7H2,1-3H3/t8-,10+,12?,13+,14-,15+/m1/s1. The van der Waals surface area contributed by atoms with E-state index in [-0.39, 0.29) is 31.7 Å². The summed E-state index contributed by atoms with van der Waals surface area (Å²) in [5.74, 6) is -1.23. The Balaban J connectivity index is 2.32. The molecule has 6 atom stereocenters. The van der Waals surface area contributed by atoms with E-state index in [2.05, 4.69) is 0 Å². The molecule has 2 saturated carbocycles. The van der Waals surface area contributed by atoms with Gasteiger partial charge in [0.05, 0.1) is 18.1 Å². The monoisotopic (exact) mass is 298 g/mol. The highest BCUT2D eigenvalue weighted by Gasteiger charge is 2.80. The normalized spacial score (nSPS) is 56.7. The molecule has 3 aliphatic rings. The third kappa shape index (κ3) is 1.39. The van der Waals surface area contributed by atoms with Crippen LogP contribution in [0.4, 0.5) is 0 Å². The predicted octanol–water partition coefficient (Wildman–Crippen LogP) is -0.218. The number of carbonyl (C=O) groups is 2. The van der Waals surface area contributed by atoms with Crippen LogP contribution in [0.2, 0.25) is 0 Å². The first kappa shape index (κ1) is 14.9. The van der Waals surface area contributed by atoms with Gasteiger partial charge in [-0.3, -0.25) is 9.59 Å². The van der Waals surface area contributed by atoms with Gasteiger partial charge >= 0.3 is 5.97 Å². The van der Waals surface area contributed by atoms with Crippen molar-refractivity contribution in [2.45, 2.75) is 57.3 Å². The molecule has 1 unspecified atom stereocenters. The Hall–Kier alpha value is -0.980. The van der Waals surface area contributed by atoms with Gasteiger partial charge in [0.2, 0.25) is 0 Å². The van der Waals surface area contributed by atoms with E-state index in [0.717, 1.165) is 0 Å². The van der Waals surface area contributed by atoms with Gasteiger partial charge in [-0.2, -0.15) is 0 Å². The number of ether oxygens (including phenoxy) is 1. The Morgan fingerprint density at radius 3 is 2.43 bits per heavy atom. The Bertz CT molecular complexity index is 528. The van der Waals surface area contributed by atoms with Crippen LogP contribution < -0.4 is 0 Å². The fourth-order valence-corrected chi connectivity index (χ4v) is 4.99. The molecule has 21 heavy (non-hydrogen) atoms. The zero-order valence-electron chi connectivity index (χ0n) is 12.5. The molecule has 3 N–H and O–H groups in total. The number of carbonyl (C=O) groups excluding carboxylic acids is 2. The average Bonchev–Trinajstić information content (AvgIpc) is 2.48. The van der Waals surface area contributed by atoms with E-state index in [1.54, 1.807) is 13.8 Å². The molecule has 2 bridgehead atoms. The van der Waals surface area contributed by atoms with Crippen LogP contribution in [0, 0.1) is 16.7 Å². The summed E-state index contributed by atoms with van der Waals surface area (Å²) in [7, 11) is 0. The first-order chi connectivity index (χ1) is 9.52. The first-order valence-electron chi connectivity index (χ1n) is 7.33. The van der Waals surface area contributed by atoms with Crippen LogP contribution >= 0.6 is 0 Å². The number of esters is 1. The van der Waals surface area contributed by atoms with Crippen molar-refractivity contribution in [3.63, 3.8) is 0 Å². The van der Waals surface area contributed by atoms with Crippen molar-refractivity contribution in [1.29, 1.82) is 0 Å². The maximum atomic E-state index is 12.5. The highest BCUT2D eigenvalue weighted by molar-refractivity contribution is 5.86. The largest absolute Gasteiger partial charge is 0.465 e. The van der Waals surface area contributed by atoms with Crippen molar-refractivity contribution >= 4 is 11.8 Å². The quantitative estimate of drug-likeness (QED) is 0.534. The van der Waals surface area contributed by atoms with E-state index in [9.17, 15) is 24.9 Å². The molecule has 0 radical (unpaired) electrons. The fraction of sp³-hybridized carbons (Fsp3) is 0.867. The van der Waals surface area contributed by atoms with Crippen molar-refractivity contribution in [3.8, 4) is 0 Å². The molecule has 118 valence electrons. The maximum Gasteiger partial charge on any atom is 0.306 e. The highest BCUT2D eigenvalue weighted by atomic mass is 16.5. The average molecular weight is 298 g/mol. The molecule has 2 aliphatic carbocycles. The minimum atomic E-state index is -1.73. The van der Waals surface area contributed by atoms with Crippen molar-refractivity contribution in [3.05, 3.63) is 0 Å². The van der Waals surface area contributed by atoms with Crippen LogP contribution in [0.5, 0.6) is 0 Å². The van der Waals surface area contributed by atoms with Crippen LogP contribution in [0.15, 0.2) is 0 Å². The van der Waals surface area contributed by atoms with E-state index in [1.807, 2.05) is 0 Å². The minimum absolute atomic E-state index is 0.0631. The van der Waals surface area contributed by atoms with Crippen LogP contribution in [0.3, 0.4) is 0 Å². The molecule has 0 aromatic heterocycles. The lowest BCUT2D eigenvalue weighted by molar-refractivity contribution is -0.250. The van der Waals surface area contributed by atoms with Crippen LogP contribution in [0.25, 0.3) is 0 Å². The Kier molecular flexibility index (Phi) is 2.74. The van der Waals surface area contributed by atoms with Gasteiger partial charge in [-0.05, 0) is 6.92 Å². The fourth-order valence-electron chi connectivity index (χ4n) is 4.99. The topological polar surface area (TPSA) is 104 Å². The van der Waals surface area contributed by atoms with Gasteiger partial charge in [0.15, 0.2) is 0 Å². The lowest BCUT2D eigenvalue weighted by Crippen LogP contribution is -2.71. The predicted molar refractivity (Wildman–Crippen MR) is 71.1 cm³/mol. The van der Waals surface area contributed by atoms with E-state index < -0.39 is 40.0 Å². The van der Waals surface area contributed by atoms with E-state index in [0.29, 0.717) is 0 Å². The first-order valence-corrected chi connectivity index (χ1v) is 7.33. The third-order valence-corrected chi connectivity index (χ3v) is 6.60. The molecule has 0 amide bonds. The van der Waals surface area contributed by atoms with Gasteiger partial charge < -0.3 is 20.1 Å². The number of Topliss-reactive ketones (excluding diaryl/α,β-unsaturated/α-hetero) is 1. The molecule has 3 rings (SSSR count). The van der Waals surface area contributed by atoms with Crippen molar-refractivity contribution < 1.29 is 29.6 Å². The molecule has 3 fully saturated rings. The molecule has 6 heteroatoms. The number of hydrogen-bond donors (Lipinski definition) is 3. The van der Waals surface area contributed by atoms with Crippen molar-refractivity contribution in [1.82, 2.24) is 0 Å². The molecular formula is C15H22O6. The number of cyclic esters (lactones) is 1. The summed E-state index contributed by atoms with van der Waals surface area (Å²) >= 11 is 0. The van der Waals surface area contributed by atoms with Crippen LogP contribution in [0.1, 0.15) is 40.0 Å². The second-order valence-electron chi connectivity index (χ2n) is 7.46. The molecule has 1 saturated heterocycles. The third-order valence-electron chi connectivity index (χ3n) is 6.60. The van der Waals surface area contributed by atoms with Crippen molar-refractivity contribution in [2.24, 2.45) is 16.7 Å². The Morgan fingerprint density at radius 1 is 1.19 bits per heavy atom. The van der Waals surface area contributed by atoms with E-state index >= 15 is 0 Å². The molecule has 1 aliphatic heterocycles. The highest BCUT2D eigenvalue weighted by Crippen LogP contribution is 2.68. The zero-order chi connectivity index (χ0) is 15.8. The Morgan fingerprint density at radius 2 is 1.81 bits per heavy atom. The zero-order valence-corrected chi connectivity index (χ0v) is 12.5. The second kappa shape index (κ2) is 3.86. The summed E-state index contributed by atoms with van der Waals surface area (Å²) in [4.78, 5) is 24.5. The summed E-state index contributed by atoms with van der Waals surface area (Å²) in [5, 5.41) is 32.8. The molecular weight excluding hydrogens is 276 g/mol. The van der Waals surface area contributed by atoms with E-state index in [1.165, 1.54) is 6.92 Å². The summed E-state index contributed by atoms with van der Waals surface area (Å²) in [5.41, 5.74) is -5.76.